The van der Waals surface area contributed by atoms with Crippen molar-refractivity contribution in [1.82, 2.24) is 24.6 Å². The summed E-state index contributed by atoms with van der Waals surface area (Å²) in [4.78, 5) is 25.5. The van der Waals surface area contributed by atoms with Crippen molar-refractivity contribution in [1.29, 1.82) is 0 Å². The van der Waals surface area contributed by atoms with Gasteiger partial charge in [0.15, 0.2) is 5.82 Å². The number of ether oxygens (including phenoxy) is 1. The van der Waals surface area contributed by atoms with Crippen molar-refractivity contribution in [3.8, 4) is 5.75 Å². The smallest absolute Gasteiger partial charge is 0.242 e. The summed E-state index contributed by atoms with van der Waals surface area (Å²) in [7, 11) is 0. The summed E-state index contributed by atoms with van der Waals surface area (Å²) < 4.78 is 7.93. The van der Waals surface area contributed by atoms with Crippen LogP contribution < -0.4 is 9.64 Å². The van der Waals surface area contributed by atoms with E-state index >= 15 is 0 Å². The van der Waals surface area contributed by atoms with Crippen molar-refractivity contribution in [2.45, 2.75) is 26.6 Å². The fourth-order valence-corrected chi connectivity index (χ4v) is 4.41. The topological polar surface area (TPSA) is 76.4 Å². The number of halogens is 3. The number of rotatable bonds is 8. The highest BCUT2D eigenvalue weighted by Gasteiger charge is 2.27. The molecule has 11 heteroatoms. The minimum absolute atomic E-state index is 0. The maximum atomic E-state index is 13.0. The van der Waals surface area contributed by atoms with Gasteiger partial charge in [-0.2, -0.15) is 5.10 Å². The molecular formula is C27H29Cl3N6O2. The Bertz CT molecular complexity index is 1340. The number of carbonyl (C=O) groups excluding carboxylic acids is 1. The Balaban J connectivity index is 0.00000200. The number of amides is 1. The quantitative estimate of drug-likeness (QED) is 0.296. The number of nitrogens with zero attached hydrogens (tertiary/aromatic N) is 6. The second kappa shape index (κ2) is 13.6. The monoisotopic (exact) mass is 574 g/mol. The summed E-state index contributed by atoms with van der Waals surface area (Å²) in [6, 6.07) is 19.1. The molecule has 4 aromatic rings. The number of aromatic nitrogens is 4. The van der Waals surface area contributed by atoms with Gasteiger partial charge in [-0.05, 0) is 49.4 Å². The van der Waals surface area contributed by atoms with Gasteiger partial charge in [-0.25, -0.2) is 0 Å². The molecule has 0 N–H and O–H groups in total. The molecule has 0 saturated carbocycles. The molecule has 8 nitrogen and oxygen atoms in total. The Morgan fingerprint density at radius 3 is 2.34 bits per heavy atom. The van der Waals surface area contributed by atoms with Gasteiger partial charge in [0.05, 0.1) is 24.5 Å². The Morgan fingerprint density at radius 2 is 1.66 bits per heavy atom. The molecule has 1 fully saturated rings. The molecule has 1 amide bonds. The van der Waals surface area contributed by atoms with Gasteiger partial charge in [-0.1, -0.05) is 23.7 Å². The lowest BCUT2D eigenvalue weighted by Crippen LogP contribution is -2.50. The minimum atomic E-state index is 0. The number of benzene rings is 1. The molecule has 0 aliphatic carbocycles. The van der Waals surface area contributed by atoms with E-state index in [0.29, 0.717) is 43.6 Å². The number of piperazine rings is 1. The van der Waals surface area contributed by atoms with Crippen LogP contribution in [-0.4, -0.2) is 50.2 Å². The maximum Gasteiger partial charge on any atom is 0.242 e. The zero-order valence-corrected chi connectivity index (χ0v) is 23.3. The van der Waals surface area contributed by atoms with Gasteiger partial charge < -0.3 is 4.74 Å². The number of hydrogen-bond donors (Lipinski definition) is 0. The molecular weight excluding hydrogens is 547 g/mol. The Labute approximate surface area is 239 Å². The Hall–Kier alpha value is -3.17. The van der Waals surface area contributed by atoms with Gasteiger partial charge in [0.1, 0.15) is 12.4 Å². The van der Waals surface area contributed by atoms with Crippen LogP contribution in [0.4, 0.5) is 5.82 Å². The van der Waals surface area contributed by atoms with Gasteiger partial charge in [0.25, 0.3) is 0 Å². The van der Waals surface area contributed by atoms with Crippen LogP contribution in [0.3, 0.4) is 0 Å². The summed E-state index contributed by atoms with van der Waals surface area (Å²) in [6.45, 7) is 5.14. The zero-order chi connectivity index (χ0) is 24.9. The average Bonchev–Trinajstić information content (AvgIpc) is 3.24. The molecule has 0 spiro atoms. The van der Waals surface area contributed by atoms with Crippen LogP contribution in [0, 0.1) is 6.92 Å². The lowest BCUT2D eigenvalue weighted by atomic mass is 10.2. The minimum Gasteiger partial charge on any atom is -0.487 e. The van der Waals surface area contributed by atoms with Crippen molar-refractivity contribution >= 4 is 48.1 Å². The van der Waals surface area contributed by atoms with E-state index in [1.807, 2.05) is 72.3 Å². The molecule has 3 aromatic heterocycles. The van der Waals surface area contributed by atoms with Crippen LogP contribution in [-0.2, 0) is 24.5 Å². The van der Waals surface area contributed by atoms with E-state index in [1.165, 1.54) is 0 Å². The highest BCUT2D eigenvalue weighted by atomic mass is 35.5. The highest BCUT2D eigenvalue weighted by Crippen LogP contribution is 2.26. The fraction of sp³-hybridized carbons (Fsp3) is 0.259. The molecule has 1 aromatic carbocycles. The second-order valence-corrected chi connectivity index (χ2v) is 9.18. The molecule has 1 saturated heterocycles. The van der Waals surface area contributed by atoms with E-state index in [2.05, 4.69) is 14.9 Å². The molecule has 0 radical (unpaired) electrons. The average molecular weight is 576 g/mol. The normalized spacial score (nSPS) is 13.5. The molecule has 1 aliphatic rings. The molecule has 0 bridgehead atoms. The molecule has 0 unspecified atom stereocenters. The van der Waals surface area contributed by atoms with E-state index in [-0.39, 0.29) is 30.7 Å². The Kier molecular flexibility index (Phi) is 10.5. The third kappa shape index (κ3) is 7.23. The number of pyridine rings is 2. The second-order valence-electron chi connectivity index (χ2n) is 8.74. The maximum absolute atomic E-state index is 13.0. The highest BCUT2D eigenvalue weighted by molar-refractivity contribution is 6.30. The zero-order valence-electron chi connectivity index (χ0n) is 20.9. The first-order valence-electron chi connectivity index (χ1n) is 11.8. The van der Waals surface area contributed by atoms with E-state index in [9.17, 15) is 4.79 Å². The predicted molar refractivity (Wildman–Crippen MR) is 152 cm³/mol. The number of carbonyl (C=O) groups is 1. The van der Waals surface area contributed by atoms with Crippen molar-refractivity contribution in [3.05, 3.63) is 101 Å². The van der Waals surface area contributed by atoms with Gasteiger partial charge >= 0.3 is 0 Å². The summed E-state index contributed by atoms with van der Waals surface area (Å²) in [5.74, 6) is 1.41. The first kappa shape index (κ1) is 29.4. The van der Waals surface area contributed by atoms with Gasteiger partial charge in [-0.3, -0.25) is 29.2 Å². The lowest BCUT2D eigenvalue weighted by Gasteiger charge is -2.32. The summed E-state index contributed by atoms with van der Waals surface area (Å²) in [5.41, 5.74) is 3.66. The van der Waals surface area contributed by atoms with E-state index in [1.54, 1.807) is 17.3 Å². The van der Waals surface area contributed by atoms with Crippen molar-refractivity contribution in [3.63, 3.8) is 0 Å². The predicted octanol–water partition coefficient (Wildman–Crippen LogP) is 4.95. The van der Waals surface area contributed by atoms with Crippen molar-refractivity contribution < 1.29 is 9.53 Å². The summed E-state index contributed by atoms with van der Waals surface area (Å²) in [5, 5.41) is 5.38. The van der Waals surface area contributed by atoms with Crippen molar-refractivity contribution in [2.24, 2.45) is 0 Å². The van der Waals surface area contributed by atoms with Crippen LogP contribution in [0.15, 0.2) is 73.1 Å². The first-order chi connectivity index (χ1) is 17.5. The van der Waals surface area contributed by atoms with Crippen LogP contribution in [0.2, 0.25) is 5.02 Å². The molecule has 200 valence electrons. The molecule has 38 heavy (non-hydrogen) atoms. The van der Waals surface area contributed by atoms with Crippen LogP contribution in [0.25, 0.3) is 0 Å². The molecule has 1 aliphatic heterocycles. The number of aryl methyl sites for hydroxylation is 1. The van der Waals surface area contributed by atoms with Gasteiger partial charge in [-0.15, -0.1) is 24.8 Å². The Morgan fingerprint density at radius 1 is 0.921 bits per heavy atom. The number of hydrogen-bond acceptors (Lipinski definition) is 6. The van der Waals surface area contributed by atoms with Crippen LogP contribution >= 0.6 is 36.4 Å². The fourth-order valence-electron chi connectivity index (χ4n) is 4.21. The summed E-state index contributed by atoms with van der Waals surface area (Å²) >= 11 is 6.30. The van der Waals surface area contributed by atoms with E-state index < -0.39 is 0 Å². The largest absolute Gasteiger partial charge is 0.487 e. The standard InChI is InChI=1S/C27H27ClN6O2.2ClH/c1-20-14-26(33-13-12-32(18-27(33)35)17-23-6-2-4-10-29-23)31-34(20)16-21-15-22(28)8-9-25(21)36-19-24-7-3-5-11-30-24;;/h2-11,14-15H,12-13,16-19H2,1H3;2*1H. The lowest BCUT2D eigenvalue weighted by molar-refractivity contribution is -0.121. The third-order valence-corrected chi connectivity index (χ3v) is 6.34. The van der Waals surface area contributed by atoms with E-state index in [0.717, 1.165) is 34.9 Å². The SMILES string of the molecule is Cc1cc(N2CCN(Cc3ccccn3)CC2=O)nn1Cc1cc(Cl)ccc1OCc1ccccn1.Cl.Cl. The summed E-state index contributed by atoms with van der Waals surface area (Å²) in [6.07, 6.45) is 3.52. The molecule has 4 heterocycles. The van der Waals surface area contributed by atoms with Crippen LogP contribution in [0.5, 0.6) is 5.75 Å². The molecule has 0 atom stereocenters. The van der Waals surface area contributed by atoms with E-state index in [4.69, 9.17) is 21.4 Å². The number of anilines is 1. The van der Waals surface area contributed by atoms with Crippen LogP contribution in [0.1, 0.15) is 22.6 Å². The first-order valence-corrected chi connectivity index (χ1v) is 12.2. The van der Waals surface area contributed by atoms with Gasteiger partial charge in [0.2, 0.25) is 5.91 Å². The van der Waals surface area contributed by atoms with Crippen molar-refractivity contribution in [2.75, 3.05) is 24.5 Å². The third-order valence-electron chi connectivity index (χ3n) is 6.10. The van der Waals surface area contributed by atoms with Gasteiger partial charge in [0, 0.05) is 54.4 Å². The molecule has 5 rings (SSSR count).